The molecule has 0 bridgehead atoms. The minimum Gasteiger partial charge on any atom is -0.336 e. The van der Waals surface area contributed by atoms with E-state index in [1.807, 2.05) is 12.1 Å². The molecule has 0 saturated carbocycles. The second-order valence-electron chi connectivity index (χ2n) is 8.97. The Balaban J connectivity index is 1.64. The van der Waals surface area contributed by atoms with Gasteiger partial charge in [0.2, 0.25) is 10.0 Å². The normalized spacial score (nSPS) is 11.3. The molecule has 4 rings (SSSR count). The summed E-state index contributed by atoms with van der Waals surface area (Å²) in [7, 11) is -2.37. The number of unbranched alkanes of at least 4 members (excludes halogenated alkanes) is 1. The van der Waals surface area contributed by atoms with Crippen molar-refractivity contribution in [2.45, 2.75) is 31.1 Å². The van der Waals surface area contributed by atoms with Crippen LogP contribution in [0.1, 0.15) is 35.7 Å². The van der Waals surface area contributed by atoms with Gasteiger partial charge in [-0.1, -0.05) is 37.6 Å². The number of amides is 1. The molecule has 1 amide bonds. The molecule has 11 heteroatoms. The molecular formula is C28H28FN5O4S. The summed E-state index contributed by atoms with van der Waals surface area (Å²) >= 11 is 0. The maximum atomic E-state index is 15.7. The lowest BCUT2D eigenvalue weighted by molar-refractivity contribution is 0.102. The van der Waals surface area contributed by atoms with Gasteiger partial charge in [0, 0.05) is 30.1 Å². The highest BCUT2D eigenvalue weighted by Gasteiger charge is 2.18. The second-order valence-corrected chi connectivity index (χ2v) is 10.5. The van der Waals surface area contributed by atoms with Gasteiger partial charge in [0.1, 0.15) is 0 Å². The number of hydrogen-bond donors (Lipinski definition) is 3. The fourth-order valence-electron chi connectivity index (χ4n) is 4.03. The Labute approximate surface area is 225 Å². The SMILES string of the molecule is CCCCc1ccccc1C(=O)Nc1cccc(-c2cn(C)c(=O)c(Nc3ccc(S(N)(=O)=O)cc3)n2)c1F. The zero-order chi connectivity index (χ0) is 28.2. The molecule has 0 unspecified atom stereocenters. The van der Waals surface area contributed by atoms with Gasteiger partial charge in [-0.15, -0.1) is 0 Å². The van der Waals surface area contributed by atoms with Crippen LogP contribution >= 0.6 is 0 Å². The van der Waals surface area contributed by atoms with Crippen LogP contribution < -0.4 is 21.3 Å². The highest BCUT2D eigenvalue weighted by atomic mass is 32.2. The monoisotopic (exact) mass is 549 g/mol. The Bertz CT molecular complexity index is 1690. The first-order valence-corrected chi connectivity index (χ1v) is 13.8. The third-order valence-corrected chi connectivity index (χ3v) is 7.03. The third kappa shape index (κ3) is 6.39. The minimum absolute atomic E-state index is 0.0217. The number of nitrogens with one attached hydrogen (secondary N) is 2. The number of carbonyl (C=O) groups is 1. The molecule has 0 aliphatic heterocycles. The van der Waals surface area contributed by atoms with Gasteiger partial charge in [0.25, 0.3) is 11.5 Å². The Morgan fingerprint density at radius 2 is 1.77 bits per heavy atom. The topological polar surface area (TPSA) is 136 Å². The van der Waals surface area contributed by atoms with E-state index in [-0.39, 0.29) is 27.7 Å². The zero-order valence-corrected chi connectivity index (χ0v) is 22.3. The number of rotatable bonds is 9. The maximum Gasteiger partial charge on any atom is 0.293 e. The molecule has 1 heterocycles. The molecule has 4 aromatic rings. The first kappa shape index (κ1) is 27.7. The van der Waals surface area contributed by atoms with Crippen LogP contribution in [0.2, 0.25) is 0 Å². The molecule has 0 fully saturated rings. The van der Waals surface area contributed by atoms with Crippen molar-refractivity contribution in [2.75, 3.05) is 10.6 Å². The average Bonchev–Trinajstić information content (AvgIpc) is 2.91. The lowest BCUT2D eigenvalue weighted by atomic mass is 10.0. The van der Waals surface area contributed by atoms with E-state index in [9.17, 15) is 18.0 Å². The number of sulfonamides is 1. The molecule has 1 aromatic heterocycles. The molecule has 3 aromatic carbocycles. The van der Waals surface area contributed by atoms with E-state index in [2.05, 4.69) is 22.5 Å². The van der Waals surface area contributed by atoms with Crippen molar-refractivity contribution in [3.63, 3.8) is 0 Å². The number of carbonyl (C=O) groups excluding carboxylic acids is 1. The number of nitrogens with zero attached hydrogens (tertiary/aromatic N) is 2. The van der Waals surface area contributed by atoms with Crippen molar-refractivity contribution in [2.24, 2.45) is 12.2 Å². The van der Waals surface area contributed by atoms with Crippen molar-refractivity contribution in [1.29, 1.82) is 0 Å². The molecule has 4 N–H and O–H groups in total. The number of hydrogen-bond acceptors (Lipinski definition) is 6. The van der Waals surface area contributed by atoms with Gasteiger partial charge < -0.3 is 15.2 Å². The van der Waals surface area contributed by atoms with Crippen molar-refractivity contribution in [3.8, 4) is 11.3 Å². The van der Waals surface area contributed by atoms with E-state index in [4.69, 9.17) is 5.14 Å². The Morgan fingerprint density at radius 3 is 2.46 bits per heavy atom. The van der Waals surface area contributed by atoms with Gasteiger partial charge in [-0.25, -0.2) is 22.9 Å². The molecule has 0 aliphatic carbocycles. The fourth-order valence-corrected chi connectivity index (χ4v) is 4.54. The molecule has 9 nitrogen and oxygen atoms in total. The summed E-state index contributed by atoms with van der Waals surface area (Å²) in [5.41, 5.74) is 1.48. The zero-order valence-electron chi connectivity index (χ0n) is 21.4. The van der Waals surface area contributed by atoms with Crippen molar-refractivity contribution in [1.82, 2.24) is 9.55 Å². The average molecular weight is 550 g/mol. The number of aryl methyl sites for hydroxylation is 2. The van der Waals surface area contributed by atoms with Crippen molar-refractivity contribution in [3.05, 3.63) is 100 Å². The molecule has 0 saturated heterocycles. The number of nitrogens with two attached hydrogens (primary N) is 1. The van der Waals surface area contributed by atoms with E-state index in [1.54, 1.807) is 18.2 Å². The van der Waals surface area contributed by atoms with Crippen LogP contribution in [0.5, 0.6) is 0 Å². The Kier molecular flexibility index (Phi) is 8.22. The van der Waals surface area contributed by atoms with Gasteiger partial charge in [0.15, 0.2) is 11.6 Å². The van der Waals surface area contributed by atoms with Gasteiger partial charge in [-0.05, 0) is 60.9 Å². The van der Waals surface area contributed by atoms with Crippen molar-refractivity contribution >= 4 is 33.1 Å². The number of anilines is 3. The highest BCUT2D eigenvalue weighted by molar-refractivity contribution is 7.89. The van der Waals surface area contributed by atoms with Crippen LogP contribution in [0.15, 0.2) is 82.6 Å². The molecular weight excluding hydrogens is 521 g/mol. The predicted octanol–water partition coefficient (Wildman–Crippen LogP) is 4.57. The Morgan fingerprint density at radius 1 is 1.05 bits per heavy atom. The summed E-state index contributed by atoms with van der Waals surface area (Å²) in [6.07, 6.45) is 4.04. The maximum absolute atomic E-state index is 15.7. The van der Waals surface area contributed by atoms with Crippen LogP contribution in [0.3, 0.4) is 0 Å². The van der Waals surface area contributed by atoms with Crippen LogP contribution in [0, 0.1) is 5.82 Å². The summed E-state index contributed by atoms with van der Waals surface area (Å²) in [6, 6.07) is 17.2. The smallest absolute Gasteiger partial charge is 0.293 e. The van der Waals surface area contributed by atoms with Crippen LogP contribution in [0.25, 0.3) is 11.3 Å². The van der Waals surface area contributed by atoms with Crippen LogP contribution in [-0.4, -0.2) is 23.9 Å². The number of benzene rings is 3. The number of primary sulfonamides is 1. The van der Waals surface area contributed by atoms with E-state index in [0.717, 1.165) is 24.8 Å². The number of aromatic nitrogens is 2. The largest absolute Gasteiger partial charge is 0.336 e. The van der Waals surface area contributed by atoms with Gasteiger partial charge >= 0.3 is 0 Å². The molecule has 39 heavy (non-hydrogen) atoms. The Hall–Kier alpha value is -4.35. The summed E-state index contributed by atoms with van der Waals surface area (Å²) in [5, 5.41) is 10.6. The second kappa shape index (κ2) is 11.6. The molecule has 0 atom stereocenters. The first-order chi connectivity index (χ1) is 18.6. The summed E-state index contributed by atoms with van der Waals surface area (Å²) in [4.78, 5) is 30.0. The van der Waals surface area contributed by atoms with Crippen LogP contribution in [0.4, 0.5) is 21.6 Å². The van der Waals surface area contributed by atoms with Crippen LogP contribution in [-0.2, 0) is 23.5 Å². The first-order valence-electron chi connectivity index (χ1n) is 12.2. The molecule has 0 radical (unpaired) electrons. The lowest BCUT2D eigenvalue weighted by Gasteiger charge is -2.14. The van der Waals surface area contributed by atoms with E-state index in [0.29, 0.717) is 11.3 Å². The summed E-state index contributed by atoms with van der Waals surface area (Å²) < 4.78 is 39.9. The van der Waals surface area contributed by atoms with Gasteiger partial charge in [0.05, 0.1) is 16.3 Å². The quantitative estimate of drug-likeness (QED) is 0.280. The van der Waals surface area contributed by atoms with Gasteiger partial charge in [-0.2, -0.15) is 0 Å². The van der Waals surface area contributed by atoms with E-state index < -0.39 is 27.3 Å². The van der Waals surface area contributed by atoms with E-state index >= 15 is 4.39 Å². The van der Waals surface area contributed by atoms with Crippen molar-refractivity contribution < 1.29 is 17.6 Å². The standard InChI is InChI=1S/C28H28FN5O4S/c1-3-4-8-18-9-5-6-10-21(18)27(35)33-23-12-7-11-22(25(23)29)24-17-34(2)28(36)26(32-24)31-19-13-15-20(16-14-19)39(30,37)38/h5-7,9-17H,3-4,8H2,1-2H3,(H,31,32)(H,33,35)(H2,30,37,38). The fraction of sp³-hybridized carbons (Fsp3) is 0.179. The van der Waals surface area contributed by atoms with Gasteiger partial charge in [-0.3, -0.25) is 9.59 Å². The molecule has 0 spiro atoms. The highest BCUT2D eigenvalue weighted by Crippen LogP contribution is 2.28. The molecule has 0 aliphatic rings. The summed E-state index contributed by atoms with van der Waals surface area (Å²) in [6.45, 7) is 2.07. The summed E-state index contributed by atoms with van der Waals surface area (Å²) in [5.74, 6) is -1.22. The third-order valence-electron chi connectivity index (χ3n) is 6.10. The predicted molar refractivity (Wildman–Crippen MR) is 149 cm³/mol. The number of halogens is 1. The lowest BCUT2D eigenvalue weighted by Crippen LogP contribution is -2.21. The van der Waals surface area contributed by atoms with E-state index in [1.165, 1.54) is 54.2 Å². The molecule has 202 valence electrons. The minimum atomic E-state index is -3.87.